The quantitative estimate of drug-likeness (QED) is 0.537. The third-order valence-corrected chi connectivity index (χ3v) is 7.35. The molecule has 0 bridgehead atoms. The third kappa shape index (κ3) is 4.34. The van der Waals surface area contributed by atoms with Crippen molar-refractivity contribution in [1.82, 2.24) is 9.80 Å². The number of hydrogen-bond acceptors (Lipinski definition) is 7. The van der Waals surface area contributed by atoms with Gasteiger partial charge in [0.1, 0.15) is 11.3 Å². The number of carbonyl (C=O) groups is 2. The summed E-state index contributed by atoms with van der Waals surface area (Å²) in [4.78, 5) is 31.0. The van der Waals surface area contributed by atoms with Gasteiger partial charge in [-0.05, 0) is 53.1 Å². The molecule has 9 nitrogen and oxygen atoms in total. The van der Waals surface area contributed by atoms with Gasteiger partial charge in [-0.2, -0.15) is 0 Å². The Hall–Kier alpha value is -4.40. The van der Waals surface area contributed by atoms with Gasteiger partial charge in [-0.15, -0.1) is 0 Å². The number of hydrogen-bond donors (Lipinski definition) is 1. The molecule has 3 aliphatic rings. The highest BCUT2D eigenvalue weighted by Gasteiger charge is 2.50. The SMILES string of the molecule is CC(=O)N1CCN(Cc2ccc(O)cc2)C(=O)C1(Cc1ccc2c(c1)OCO2)Cc1ccc2c(c1)OCO2. The summed E-state index contributed by atoms with van der Waals surface area (Å²) >= 11 is 0. The summed E-state index contributed by atoms with van der Waals surface area (Å²) in [6.45, 7) is 2.99. The van der Waals surface area contributed by atoms with Gasteiger partial charge in [0.05, 0.1) is 0 Å². The van der Waals surface area contributed by atoms with Crippen LogP contribution in [0.5, 0.6) is 28.7 Å². The minimum atomic E-state index is -1.18. The van der Waals surface area contributed by atoms with Crippen LogP contribution in [0.25, 0.3) is 0 Å². The van der Waals surface area contributed by atoms with E-state index in [0.717, 1.165) is 16.7 Å². The summed E-state index contributed by atoms with van der Waals surface area (Å²) in [5.41, 5.74) is 1.44. The molecule has 3 aromatic rings. The van der Waals surface area contributed by atoms with Crippen molar-refractivity contribution in [2.75, 3.05) is 26.7 Å². The van der Waals surface area contributed by atoms with Gasteiger partial charge in [0, 0.05) is 39.4 Å². The molecular formula is C29H28N2O7. The van der Waals surface area contributed by atoms with E-state index in [4.69, 9.17) is 18.9 Å². The van der Waals surface area contributed by atoms with Crippen LogP contribution in [0.1, 0.15) is 23.6 Å². The molecule has 0 radical (unpaired) electrons. The first kappa shape index (κ1) is 24.0. The molecule has 1 fully saturated rings. The number of carbonyl (C=O) groups excluding carboxylic acids is 2. The van der Waals surface area contributed by atoms with Gasteiger partial charge in [-0.1, -0.05) is 24.3 Å². The topological polar surface area (TPSA) is 97.8 Å². The minimum Gasteiger partial charge on any atom is -0.508 e. The number of amides is 2. The standard InChI is InChI=1S/C29H28N2O7/c1-19(32)31-11-10-30(16-20-2-6-23(33)7-3-20)28(34)29(31,14-21-4-8-24-26(12-21)37-17-35-24)15-22-5-9-25-27(13-22)38-18-36-25/h2-9,12-13,33H,10-11,14-18H2,1H3. The van der Waals surface area contributed by atoms with Crippen molar-refractivity contribution in [2.45, 2.75) is 31.8 Å². The highest BCUT2D eigenvalue weighted by atomic mass is 16.7. The monoisotopic (exact) mass is 516 g/mol. The first-order valence-electron chi connectivity index (χ1n) is 12.5. The number of nitrogens with zero attached hydrogens (tertiary/aromatic N) is 2. The molecular weight excluding hydrogens is 488 g/mol. The summed E-state index contributed by atoms with van der Waals surface area (Å²) in [7, 11) is 0. The number of fused-ring (bicyclic) bond motifs is 2. The largest absolute Gasteiger partial charge is 0.508 e. The summed E-state index contributed by atoms with van der Waals surface area (Å²) in [6.07, 6.45) is 0.588. The van der Waals surface area contributed by atoms with Crippen LogP contribution in [-0.4, -0.2) is 58.9 Å². The van der Waals surface area contributed by atoms with Crippen molar-refractivity contribution in [1.29, 1.82) is 0 Å². The van der Waals surface area contributed by atoms with Crippen LogP contribution in [0.3, 0.4) is 0 Å². The molecule has 1 saturated heterocycles. The molecule has 196 valence electrons. The number of ether oxygens (including phenoxy) is 4. The van der Waals surface area contributed by atoms with Gasteiger partial charge in [0.25, 0.3) is 0 Å². The number of phenols is 1. The highest BCUT2D eigenvalue weighted by molar-refractivity contribution is 5.93. The van der Waals surface area contributed by atoms with Crippen LogP contribution in [0.4, 0.5) is 0 Å². The Morgan fingerprint density at radius 3 is 1.87 bits per heavy atom. The maximum Gasteiger partial charge on any atom is 0.249 e. The first-order valence-corrected chi connectivity index (χ1v) is 12.5. The Kier molecular flexibility index (Phi) is 5.98. The van der Waals surface area contributed by atoms with Gasteiger partial charge >= 0.3 is 0 Å². The Morgan fingerprint density at radius 2 is 1.32 bits per heavy atom. The Labute approximate surface area is 220 Å². The van der Waals surface area contributed by atoms with E-state index < -0.39 is 5.54 Å². The molecule has 3 heterocycles. The lowest BCUT2D eigenvalue weighted by atomic mass is 9.79. The summed E-state index contributed by atoms with van der Waals surface area (Å²) in [6, 6.07) is 18.1. The number of rotatable bonds is 6. The van der Waals surface area contributed by atoms with E-state index >= 15 is 0 Å². The van der Waals surface area contributed by atoms with Crippen molar-refractivity contribution in [2.24, 2.45) is 0 Å². The molecule has 38 heavy (non-hydrogen) atoms. The van der Waals surface area contributed by atoms with Crippen LogP contribution in [0.15, 0.2) is 60.7 Å². The molecule has 6 rings (SSSR count). The fourth-order valence-electron chi connectivity index (χ4n) is 5.56. The van der Waals surface area contributed by atoms with Gasteiger partial charge in [-0.25, -0.2) is 0 Å². The van der Waals surface area contributed by atoms with E-state index in [-0.39, 0.29) is 31.1 Å². The normalized spacial score (nSPS) is 17.1. The average molecular weight is 517 g/mol. The molecule has 3 aliphatic heterocycles. The lowest BCUT2D eigenvalue weighted by Crippen LogP contribution is -2.68. The average Bonchev–Trinajstić information content (AvgIpc) is 3.57. The van der Waals surface area contributed by atoms with E-state index in [1.165, 1.54) is 6.92 Å². The number of aromatic hydroxyl groups is 1. The molecule has 2 amide bonds. The molecule has 0 spiro atoms. The smallest absolute Gasteiger partial charge is 0.249 e. The Morgan fingerprint density at radius 1 is 0.789 bits per heavy atom. The molecule has 0 aliphatic carbocycles. The first-order chi connectivity index (χ1) is 18.4. The van der Waals surface area contributed by atoms with Crippen LogP contribution in [0, 0.1) is 0 Å². The summed E-state index contributed by atoms with van der Waals surface area (Å²) < 4.78 is 22.1. The van der Waals surface area contributed by atoms with Crippen molar-refractivity contribution in [3.05, 3.63) is 77.4 Å². The summed E-state index contributed by atoms with van der Waals surface area (Å²) in [5, 5.41) is 9.69. The lowest BCUT2D eigenvalue weighted by Gasteiger charge is -2.50. The maximum absolute atomic E-state index is 14.5. The fourth-order valence-corrected chi connectivity index (χ4v) is 5.56. The second kappa shape index (κ2) is 9.48. The molecule has 0 aromatic heterocycles. The van der Waals surface area contributed by atoms with Crippen molar-refractivity contribution >= 4 is 11.8 Å². The van der Waals surface area contributed by atoms with Crippen molar-refractivity contribution in [3.63, 3.8) is 0 Å². The zero-order valence-electron chi connectivity index (χ0n) is 21.0. The fraction of sp³-hybridized carbons (Fsp3) is 0.310. The minimum absolute atomic E-state index is 0.137. The molecule has 3 aromatic carbocycles. The number of benzene rings is 3. The van der Waals surface area contributed by atoms with E-state index in [2.05, 4.69) is 0 Å². The van der Waals surface area contributed by atoms with Gasteiger partial charge in [0.2, 0.25) is 25.4 Å². The predicted molar refractivity (Wildman–Crippen MR) is 136 cm³/mol. The zero-order chi connectivity index (χ0) is 26.3. The van der Waals surface area contributed by atoms with E-state index in [9.17, 15) is 14.7 Å². The van der Waals surface area contributed by atoms with E-state index in [1.807, 2.05) is 36.4 Å². The Balaban J connectivity index is 1.41. The molecule has 9 heteroatoms. The van der Waals surface area contributed by atoms with Gasteiger partial charge in [0.15, 0.2) is 23.0 Å². The van der Waals surface area contributed by atoms with Crippen LogP contribution >= 0.6 is 0 Å². The van der Waals surface area contributed by atoms with Crippen LogP contribution < -0.4 is 18.9 Å². The second-order valence-electron chi connectivity index (χ2n) is 9.82. The highest BCUT2D eigenvalue weighted by Crippen LogP contribution is 2.39. The van der Waals surface area contributed by atoms with Gasteiger partial charge in [-0.3, -0.25) is 9.59 Å². The van der Waals surface area contributed by atoms with Crippen LogP contribution in [-0.2, 0) is 29.0 Å². The number of phenolic OH excluding ortho intramolecular Hbond substituents is 1. The van der Waals surface area contributed by atoms with Crippen LogP contribution in [0.2, 0.25) is 0 Å². The van der Waals surface area contributed by atoms with Gasteiger partial charge < -0.3 is 33.9 Å². The molecule has 0 atom stereocenters. The van der Waals surface area contributed by atoms with E-state index in [0.29, 0.717) is 55.5 Å². The second-order valence-corrected chi connectivity index (χ2v) is 9.82. The Bertz CT molecular complexity index is 1330. The summed E-state index contributed by atoms with van der Waals surface area (Å²) in [5.74, 6) is 2.43. The molecule has 0 unspecified atom stereocenters. The zero-order valence-corrected chi connectivity index (χ0v) is 21.0. The van der Waals surface area contributed by atoms with E-state index in [1.54, 1.807) is 34.1 Å². The van der Waals surface area contributed by atoms with Crippen molar-refractivity contribution in [3.8, 4) is 28.7 Å². The predicted octanol–water partition coefficient (Wildman–Crippen LogP) is 3.26. The van der Waals surface area contributed by atoms with Crippen molar-refractivity contribution < 1.29 is 33.6 Å². The number of piperazine rings is 1. The molecule has 0 saturated carbocycles. The third-order valence-electron chi connectivity index (χ3n) is 7.35. The lowest BCUT2D eigenvalue weighted by molar-refractivity contribution is -0.161. The molecule has 1 N–H and O–H groups in total. The maximum atomic E-state index is 14.5.